The molecule has 3 heterocycles. The first-order valence-corrected chi connectivity index (χ1v) is 12.2. The third-order valence-electron chi connectivity index (χ3n) is 6.64. The van der Waals surface area contributed by atoms with Crippen molar-refractivity contribution in [1.82, 2.24) is 9.88 Å². The summed E-state index contributed by atoms with van der Waals surface area (Å²) < 4.78 is 7.28. The molecule has 2 aromatic carbocycles. The molecule has 2 aromatic heterocycles. The van der Waals surface area contributed by atoms with Crippen molar-refractivity contribution in [2.45, 2.75) is 46.6 Å². The van der Waals surface area contributed by atoms with E-state index in [1.165, 1.54) is 11.3 Å². The molecule has 0 amide bonds. The number of fused-ring (bicyclic) bond motifs is 2. The molecule has 5 rings (SSSR count). The number of para-hydroxylation sites is 1. The molecule has 4 aromatic rings. The van der Waals surface area contributed by atoms with E-state index < -0.39 is 0 Å². The highest BCUT2D eigenvalue weighted by molar-refractivity contribution is 7.21. The molecule has 166 valence electrons. The maximum absolute atomic E-state index is 13.7. The Hall–Kier alpha value is -2.70. The van der Waals surface area contributed by atoms with Gasteiger partial charge in [-0.25, -0.2) is 4.98 Å². The monoisotopic (exact) mass is 448 g/mol. The van der Waals surface area contributed by atoms with Gasteiger partial charge in [-0.15, -0.1) is 11.3 Å². The molecule has 0 aliphatic carbocycles. The van der Waals surface area contributed by atoms with Gasteiger partial charge in [-0.05, 0) is 57.0 Å². The van der Waals surface area contributed by atoms with Crippen LogP contribution in [0.4, 0.5) is 0 Å². The maximum atomic E-state index is 13.7. The third-order valence-corrected chi connectivity index (χ3v) is 7.69. The zero-order valence-corrected chi connectivity index (χ0v) is 19.6. The fraction of sp³-hybridized carbons (Fsp3) is 0.385. The van der Waals surface area contributed by atoms with Crippen LogP contribution in [-0.2, 0) is 13.0 Å². The largest absolute Gasteiger partial charge is 0.507 e. The predicted molar refractivity (Wildman–Crippen MR) is 131 cm³/mol. The van der Waals surface area contributed by atoms with Crippen LogP contribution in [0.5, 0.6) is 5.75 Å². The van der Waals surface area contributed by atoms with Crippen LogP contribution in [0.1, 0.15) is 43.6 Å². The van der Waals surface area contributed by atoms with E-state index in [0.717, 1.165) is 47.6 Å². The molecule has 1 N–H and O–H groups in total. The lowest BCUT2D eigenvalue weighted by molar-refractivity contribution is 0.183. The van der Waals surface area contributed by atoms with Crippen LogP contribution < -0.4 is 5.43 Å². The molecule has 0 bridgehead atoms. The molecule has 0 saturated carbocycles. The Morgan fingerprint density at radius 1 is 1.25 bits per heavy atom. The number of aromatic hydroxyl groups is 1. The number of nitrogens with zero attached hydrogens (tertiary/aromatic N) is 2. The lowest BCUT2D eigenvalue weighted by Crippen LogP contribution is -2.32. The minimum atomic E-state index is -0.0706. The molecule has 0 radical (unpaired) electrons. The summed E-state index contributed by atoms with van der Waals surface area (Å²) in [6.07, 6.45) is 2.90. The Morgan fingerprint density at radius 2 is 2.00 bits per heavy atom. The molecule has 1 aliphatic rings. The predicted octanol–water partition coefficient (Wildman–Crippen LogP) is 5.88. The number of phenolic OH excluding ortho intramolecular Hbond substituents is 1. The number of phenols is 1. The Labute approximate surface area is 191 Å². The van der Waals surface area contributed by atoms with Crippen molar-refractivity contribution >= 4 is 32.5 Å². The van der Waals surface area contributed by atoms with E-state index in [2.05, 4.69) is 11.8 Å². The summed E-state index contributed by atoms with van der Waals surface area (Å²) in [7, 11) is 0. The van der Waals surface area contributed by atoms with Gasteiger partial charge in [0.1, 0.15) is 22.1 Å². The molecular formula is C26H28N2O3S. The fourth-order valence-electron chi connectivity index (χ4n) is 4.62. The summed E-state index contributed by atoms with van der Waals surface area (Å²) in [5, 5.41) is 12.1. The topological polar surface area (TPSA) is 66.6 Å². The van der Waals surface area contributed by atoms with Gasteiger partial charge < -0.3 is 9.52 Å². The average molecular weight is 449 g/mol. The summed E-state index contributed by atoms with van der Waals surface area (Å²) in [5.41, 5.74) is 3.26. The Balaban J connectivity index is 1.66. The molecule has 6 heteroatoms. The van der Waals surface area contributed by atoms with Gasteiger partial charge in [-0.2, -0.15) is 0 Å². The number of benzene rings is 2. The second kappa shape index (κ2) is 8.34. The van der Waals surface area contributed by atoms with Gasteiger partial charge in [0.05, 0.1) is 21.2 Å². The van der Waals surface area contributed by atoms with E-state index in [4.69, 9.17) is 9.40 Å². The van der Waals surface area contributed by atoms with E-state index >= 15 is 0 Å². The quantitative estimate of drug-likeness (QED) is 0.422. The standard InChI is InChI=1S/C26H28N2O3S/c1-4-20-22(26-27-19-7-5-6-8-21(19)32-26)24(30)18-13-17(23(29)16(3)25(18)31-20)14-28-11-9-15(2)10-12-28/h5-8,13,15,29H,4,9-12,14H2,1-3H3. The van der Waals surface area contributed by atoms with Gasteiger partial charge in [-0.1, -0.05) is 26.0 Å². The smallest absolute Gasteiger partial charge is 0.203 e. The van der Waals surface area contributed by atoms with Crippen molar-refractivity contribution in [3.05, 3.63) is 57.4 Å². The summed E-state index contributed by atoms with van der Waals surface area (Å²) in [6.45, 7) is 8.76. The molecule has 1 fully saturated rings. The van der Waals surface area contributed by atoms with Crippen molar-refractivity contribution < 1.29 is 9.52 Å². The lowest BCUT2D eigenvalue weighted by atomic mass is 9.97. The number of piperidine rings is 1. The van der Waals surface area contributed by atoms with Gasteiger partial charge in [0.25, 0.3) is 0 Å². The first-order valence-electron chi connectivity index (χ1n) is 11.4. The van der Waals surface area contributed by atoms with E-state index in [1.807, 2.05) is 44.2 Å². The number of hydrogen-bond acceptors (Lipinski definition) is 6. The maximum Gasteiger partial charge on any atom is 0.203 e. The Morgan fingerprint density at radius 3 is 2.72 bits per heavy atom. The van der Waals surface area contributed by atoms with E-state index in [1.54, 1.807) is 0 Å². The fourth-order valence-corrected chi connectivity index (χ4v) is 5.65. The average Bonchev–Trinajstić information content (AvgIpc) is 3.22. The number of likely N-dealkylation sites (tertiary alicyclic amines) is 1. The van der Waals surface area contributed by atoms with Crippen LogP contribution in [-0.4, -0.2) is 28.1 Å². The summed E-state index contributed by atoms with van der Waals surface area (Å²) >= 11 is 1.51. The van der Waals surface area contributed by atoms with Crippen LogP contribution in [0.15, 0.2) is 39.5 Å². The van der Waals surface area contributed by atoms with Crippen LogP contribution in [0.2, 0.25) is 0 Å². The number of rotatable bonds is 4. The highest BCUT2D eigenvalue weighted by atomic mass is 32.1. The number of thiazole rings is 1. The number of aryl methyl sites for hydroxylation is 2. The lowest BCUT2D eigenvalue weighted by Gasteiger charge is -2.30. The molecule has 32 heavy (non-hydrogen) atoms. The third kappa shape index (κ3) is 3.61. The summed E-state index contributed by atoms with van der Waals surface area (Å²) in [4.78, 5) is 20.8. The highest BCUT2D eigenvalue weighted by Gasteiger charge is 2.23. The second-order valence-electron chi connectivity index (χ2n) is 8.91. The molecule has 1 aliphatic heterocycles. The minimum Gasteiger partial charge on any atom is -0.507 e. The zero-order chi connectivity index (χ0) is 22.4. The van der Waals surface area contributed by atoms with Crippen molar-refractivity contribution in [1.29, 1.82) is 0 Å². The van der Waals surface area contributed by atoms with Crippen LogP contribution >= 0.6 is 11.3 Å². The summed E-state index contributed by atoms with van der Waals surface area (Å²) in [6, 6.07) is 9.74. The normalized spacial score (nSPS) is 15.7. The highest BCUT2D eigenvalue weighted by Crippen LogP contribution is 2.36. The Bertz CT molecular complexity index is 1330. The van der Waals surface area contributed by atoms with Crippen molar-refractivity contribution in [3.63, 3.8) is 0 Å². The van der Waals surface area contributed by atoms with Crippen LogP contribution in [0.3, 0.4) is 0 Å². The van der Waals surface area contributed by atoms with Gasteiger partial charge in [0.2, 0.25) is 5.43 Å². The van der Waals surface area contributed by atoms with E-state index in [9.17, 15) is 9.90 Å². The molecule has 0 spiro atoms. The Kier molecular flexibility index (Phi) is 5.51. The van der Waals surface area contributed by atoms with Crippen molar-refractivity contribution in [2.24, 2.45) is 5.92 Å². The van der Waals surface area contributed by atoms with E-state index in [-0.39, 0.29) is 11.2 Å². The summed E-state index contributed by atoms with van der Waals surface area (Å²) in [5.74, 6) is 1.59. The number of hydrogen-bond donors (Lipinski definition) is 1. The molecular weight excluding hydrogens is 420 g/mol. The van der Waals surface area contributed by atoms with Crippen molar-refractivity contribution in [3.8, 4) is 16.3 Å². The molecule has 1 saturated heterocycles. The molecule has 0 unspecified atom stereocenters. The van der Waals surface area contributed by atoms with E-state index in [0.29, 0.717) is 45.8 Å². The van der Waals surface area contributed by atoms with Crippen LogP contribution in [0, 0.1) is 12.8 Å². The molecule has 5 nitrogen and oxygen atoms in total. The number of aromatic nitrogens is 1. The SMILES string of the molecule is CCc1oc2c(C)c(O)c(CN3CCC(C)CC3)cc2c(=O)c1-c1nc2ccccc2s1. The zero-order valence-electron chi connectivity index (χ0n) is 18.8. The molecule has 0 atom stereocenters. The van der Waals surface area contributed by atoms with Gasteiger partial charge >= 0.3 is 0 Å². The van der Waals surface area contributed by atoms with Gasteiger partial charge in [0, 0.05) is 24.1 Å². The van der Waals surface area contributed by atoms with Crippen LogP contribution in [0.25, 0.3) is 31.8 Å². The minimum absolute atomic E-state index is 0.0706. The van der Waals surface area contributed by atoms with Gasteiger partial charge in [-0.3, -0.25) is 9.69 Å². The van der Waals surface area contributed by atoms with Gasteiger partial charge in [0.15, 0.2) is 0 Å². The first-order chi connectivity index (χ1) is 15.5. The first kappa shape index (κ1) is 21.2. The second-order valence-corrected chi connectivity index (χ2v) is 9.94. The van der Waals surface area contributed by atoms with Crippen molar-refractivity contribution in [2.75, 3.05) is 13.1 Å².